The van der Waals surface area contributed by atoms with Gasteiger partial charge in [-0.2, -0.15) is 10.5 Å². The molecule has 0 heterocycles. The Hall–Kier alpha value is -2.04. The highest BCUT2D eigenvalue weighted by Gasteiger charge is 2.02. The number of hydrogen-bond donors (Lipinski definition) is 0. The zero-order valence-corrected chi connectivity index (χ0v) is 10.6. The highest BCUT2D eigenvalue weighted by molar-refractivity contribution is 9.10. The third-order valence-electron chi connectivity index (χ3n) is 1.86. The summed E-state index contributed by atoms with van der Waals surface area (Å²) in [5, 5.41) is 17.3. The van der Waals surface area contributed by atoms with Crippen molar-refractivity contribution in [2.24, 2.45) is 0 Å². The van der Waals surface area contributed by atoms with Crippen LogP contribution in [0.1, 0.15) is 5.56 Å². The van der Waals surface area contributed by atoms with Crippen LogP contribution in [0.5, 0.6) is 5.75 Å². The first-order valence-electron chi connectivity index (χ1n) is 4.76. The Morgan fingerprint density at radius 1 is 1.41 bits per heavy atom. The number of rotatable bonds is 4. The fourth-order valence-corrected chi connectivity index (χ4v) is 1.64. The first-order chi connectivity index (χ1) is 8.21. The molecule has 0 N–H and O–H groups in total. The molecule has 0 amide bonds. The van der Waals surface area contributed by atoms with Gasteiger partial charge in [-0.15, -0.1) is 0 Å². The van der Waals surface area contributed by atoms with E-state index in [4.69, 9.17) is 15.3 Å². The molecule has 17 heavy (non-hydrogen) atoms. The molecular formula is C13H9BrN2O. The Kier molecular flexibility index (Phi) is 5.00. The fraction of sp³-hybridized carbons (Fsp3) is 0.0769. The number of allylic oxidation sites excluding steroid dienone is 1. The lowest BCUT2D eigenvalue weighted by atomic mass is 10.1. The maximum absolute atomic E-state index is 8.64. The van der Waals surface area contributed by atoms with E-state index in [2.05, 4.69) is 22.5 Å². The summed E-state index contributed by atoms with van der Waals surface area (Å²) in [6.45, 7) is 3.99. The fourth-order valence-electron chi connectivity index (χ4n) is 1.13. The number of ether oxygens (including phenoxy) is 1. The van der Waals surface area contributed by atoms with E-state index < -0.39 is 0 Å². The number of benzene rings is 1. The number of nitrogens with zero attached hydrogens (tertiary/aromatic N) is 2. The van der Waals surface area contributed by atoms with Crippen molar-refractivity contribution in [3.63, 3.8) is 0 Å². The molecule has 0 aliphatic heterocycles. The average molecular weight is 289 g/mol. The van der Waals surface area contributed by atoms with Crippen molar-refractivity contribution < 1.29 is 4.74 Å². The number of hydrogen-bond acceptors (Lipinski definition) is 3. The summed E-state index contributed by atoms with van der Waals surface area (Å²) >= 11 is 3.36. The van der Waals surface area contributed by atoms with E-state index in [0.717, 1.165) is 10.0 Å². The van der Waals surface area contributed by atoms with E-state index in [1.54, 1.807) is 24.3 Å². The van der Waals surface area contributed by atoms with E-state index in [9.17, 15) is 0 Å². The summed E-state index contributed by atoms with van der Waals surface area (Å²) < 4.78 is 6.15. The zero-order valence-electron chi connectivity index (χ0n) is 8.98. The second kappa shape index (κ2) is 6.52. The molecule has 0 aliphatic carbocycles. The van der Waals surface area contributed by atoms with Crippen molar-refractivity contribution in [2.45, 2.75) is 0 Å². The van der Waals surface area contributed by atoms with Crippen LogP contribution in [-0.4, -0.2) is 6.61 Å². The van der Waals surface area contributed by atoms with Crippen LogP contribution in [0.2, 0.25) is 0 Å². The normalized spacial score (nSPS) is 8.65. The quantitative estimate of drug-likeness (QED) is 0.630. The second-order valence-electron chi connectivity index (χ2n) is 3.07. The summed E-state index contributed by atoms with van der Waals surface area (Å²) in [7, 11) is 0. The molecule has 3 nitrogen and oxygen atoms in total. The third kappa shape index (κ3) is 3.79. The predicted octanol–water partition coefficient (Wildman–Crippen LogP) is 3.44. The van der Waals surface area contributed by atoms with Crippen molar-refractivity contribution >= 4 is 22.0 Å². The number of nitriles is 2. The Bertz CT molecular complexity index is 519. The standard InChI is InChI=1S/C13H9BrN2O/c1-2-5-17-13-4-3-10(7-12(13)14)6-11(8-15)9-16/h2-4,6-7H,1,5H2. The maximum Gasteiger partial charge on any atom is 0.133 e. The maximum atomic E-state index is 8.64. The molecule has 0 saturated carbocycles. The summed E-state index contributed by atoms with van der Waals surface area (Å²) in [6.07, 6.45) is 3.17. The molecule has 1 aromatic carbocycles. The van der Waals surface area contributed by atoms with E-state index in [0.29, 0.717) is 12.4 Å². The Morgan fingerprint density at radius 2 is 2.12 bits per heavy atom. The molecule has 0 bridgehead atoms. The van der Waals surface area contributed by atoms with Crippen LogP contribution in [0.25, 0.3) is 6.08 Å². The van der Waals surface area contributed by atoms with E-state index in [-0.39, 0.29) is 5.57 Å². The van der Waals surface area contributed by atoms with Crippen LogP contribution in [0, 0.1) is 22.7 Å². The minimum Gasteiger partial charge on any atom is -0.488 e. The molecule has 0 aliphatic rings. The molecule has 0 unspecified atom stereocenters. The van der Waals surface area contributed by atoms with Gasteiger partial charge in [0.15, 0.2) is 0 Å². The molecule has 1 rings (SSSR count). The molecule has 0 saturated heterocycles. The molecule has 84 valence electrons. The minimum absolute atomic E-state index is 0.0664. The molecule has 4 heteroatoms. The molecule has 0 atom stereocenters. The average Bonchev–Trinajstić information content (AvgIpc) is 2.35. The number of halogens is 1. The third-order valence-corrected chi connectivity index (χ3v) is 2.48. The molecule has 0 spiro atoms. The van der Waals surface area contributed by atoms with Gasteiger partial charge in [-0.3, -0.25) is 0 Å². The molecule has 0 fully saturated rings. The van der Waals surface area contributed by atoms with Crippen LogP contribution in [0.4, 0.5) is 0 Å². The van der Waals surface area contributed by atoms with Crippen LogP contribution in [-0.2, 0) is 0 Å². The Labute approximate surface area is 108 Å². The van der Waals surface area contributed by atoms with Gasteiger partial charge in [0, 0.05) is 0 Å². The van der Waals surface area contributed by atoms with Gasteiger partial charge in [0.2, 0.25) is 0 Å². The van der Waals surface area contributed by atoms with Gasteiger partial charge in [0.1, 0.15) is 30.1 Å². The summed E-state index contributed by atoms with van der Waals surface area (Å²) in [4.78, 5) is 0. The van der Waals surface area contributed by atoms with Crippen LogP contribution in [0.3, 0.4) is 0 Å². The van der Waals surface area contributed by atoms with E-state index in [1.165, 1.54) is 6.08 Å². The smallest absolute Gasteiger partial charge is 0.133 e. The highest BCUT2D eigenvalue weighted by atomic mass is 79.9. The lowest BCUT2D eigenvalue weighted by molar-refractivity contribution is 0.361. The summed E-state index contributed by atoms with van der Waals surface area (Å²) in [5.41, 5.74) is 0.831. The Morgan fingerprint density at radius 3 is 2.65 bits per heavy atom. The van der Waals surface area contributed by atoms with Crippen LogP contribution >= 0.6 is 15.9 Å². The first kappa shape index (κ1) is 13.0. The van der Waals surface area contributed by atoms with Crippen molar-refractivity contribution in [1.82, 2.24) is 0 Å². The molecule has 1 aromatic rings. The minimum atomic E-state index is 0.0664. The topological polar surface area (TPSA) is 56.8 Å². The van der Waals surface area contributed by atoms with Gasteiger partial charge < -0.3 is 4.74 Å². The Balaban J connectivity index is 2.98. The molecular weight excluding hydrogens is 280 g/mol. The molecule has 0 aromatic heterocycles. The van der Waals surface area contributed by atoms with Gasteiger partial charge in [-0.25, -0.2) is 0 Å². The van der Waals surface area contributed by atoms with Crippen molar-refractivity contribution in [3.05, 3.63) is 46.5 Å². The summed E-state index contributed by atoms with van der Waals surface area (Å²) in [6, 6.07) is 8.95. The van der Waals surface area contributed by atoms with Gasteiger partial charge in [0.05, 0.1) is 4.47 Å². The van der Waals surface area contributed by atoms with Gasteiger partial charge in [-0.05, 0) is 39.7 Å². The van der Waals surface area contributed by atoms with Gasteiger partial charge in [-0.1, -0.05) is 18.7 Å². The second-order valence-corrected chi connectivity index (χ2v) is 3.93. The van der Waals surface area contributed by atoms with E-state index >= 15 is 0 Å². The van der Waals surface area contributed by atoms with Crippen LogP contribution < -0.4 is 4.74 Å². The summed E-state index contributed by atoms with van der Waals surface area (Å²) in [5.74, 6) is 0.692. The molecule has 0 radical (unpaired) electrons. The highest BCUT2D eigenvalue weighted by Crippen LogP contribution is 2.26. The lowest BCUT2D eigenvalue weighted by Crippen LogP contribution is -1.93. The predicted molar refractivity (Wildman–Crippen MR) is 69.0 cm³/mol. The van der Waals surface area contributed by atoms with Crippen LogP contribution in [0.15, 0.2) is 40.9 Å². The van der Waals surface area contributed by atoms with Gasteiger partial charge >= 0.3 is 0 Å². The van der Waals surface area contributed by atoms with Gasteiger partial charge in [0.25, 0.3) is 0 Å². The van der Waals surface area contributed by atoms with Crippen molar-refractivity contribution in [1.29, 1.82) is 10.5 Å². The SMILES string of the molecule is C=CCOc1ccc(C=C(C#N)C#N)cc1Br. The van der Waals surface area contributed by atoms with Crippen molar-refractivity contribution in [2.75, 3.05) is 6.61 Å². The monoisotopic (exact) mass is 288 g/mol. The largest absolute Gasteiger partial charge is 0.488 e. The first-order valence-corrected chi connectivity index (χ1v) is 5.55. The zero-order chi connectivity index (χ0) is 12.7. The van der Waals surface area contributed by atoms with E-state index in [1.807, 2.05) is 12.1 Å². The van der Waals surface area contributed by atoms with Crippen molar-refractivity contribution in [3.8, 4) is 17.9 Å². The lowest BCUT2D eigenvalue weighted by Gasteiger charge is -2.06.